The number of aliphatic carboxylic acids is 7. The third-order valence-corrected chi connectivity index (χ3v) is 15.4. The lowest BCUT2D eigenvalue weighted by Gasteiger charge is -2.47. The Bertz CT molecular complexity index is 2220. The van der Waals surface area contributed by atoms with E-state index in [0.717, 1.165) is 0 Å². The van der Waals surface area contributed by atoms with Crippen molar-refractivity contribution in [1.29, 1.82) is 0 Å². The average molecular weight is 881 g/mol. The molecule has 5 rings (SSSR count). The van der Waals surface area contributed by atoms with Gasteiger partial charge < -0.3 is 35.7 Å². The fraction of sp³-hybridized carbons (Fsp3) is 0.667. The van der Waals surface area contributed by atoms with E-state index in [0.29, 0.717) is 34.0 Å². The van der Waals surface area contributed by atoms with Gasteiger partial charge in [0.1, 0.15) is 0 Å². The number of rotatable bonds is 18. The molecule has 18 nitrogen and oxygen atoms in total. The largest absolute Gasteiger partial charge is 0.481 e. The molecule has 0 saturated carbocycles. The highest BCUT2D eigenvalue weighted by molar-refractivity contribution is 6.14. The number of aliphatic imine (C=N–C) groups is 4. The van der Waals surface area contributed by atoms with Gasteiger partial charge in [0.25, 0.3) is 0 Å². The van der Waals surface area contributed by atoms with Crippen LogP contribution >= 0.6 is 0 Å². The van der Waals surface area contributed by atoms with Crippen molar-refractivity contribution < 1.29 is 69.3 Å². The molecule has 344 valence electrons. The molecule has 63 heavy (non-hydrogen) atoms. The molecule has 0 spiro atoms. The fourth-order valence-electron chi connectivity index (χ4n) is 11.9. The van der Waals surface area contributed by atoms with Crippen molar-refractivity contribution in [3.05, 3.63) is 22.5 Å². The van der Waals surface area contributed by atoms with Gasteiger partial charge in [-0.3, -0.25) is 53.5 Å². The van der Waals surface area contributed by atoms with E-state index in [4.69, 9.17) is 20.0 Å². The first-order valence-electron chi connectivity index (χ1n) is 21.3. The maximum absolute atomic E-state index is 13.1. The zero-order chi connectivity index (χ0) is 47.4. The van der Waals surface area contributed by atoms with Gasteiger partial charge in [0, 0.05) is 106 Å². The summed E-state index contributed by atoms with van der Waals surface area (Å²) in [5.74, 6) is -11.5. The molecule has 8 bridgehead atoms. The molecule has 9 atom stereocenters. The zero-order valence-electron chi connectivity index (χ0n) is 37.1. The Hall–Kier alpha value is -5.55. The van der Waals surface area contributed by atoms with Crippen LogP contribution in [0, 0.1) is 45.3 Å². The number of hydrogen-bond donors (Lipinski definition) is 7. The summed E-state index contributed by atoms with van der Waals surface area (Å²) in [5, 5.41) is 71.6. The van der Waals surface area contributed by atoms with E-state index >= 15 is 0 Å². The maximum atomic E-state index is 13.1. The Morgan fingerprint density at radius 1 is 0.603 bits per heavy atom. The molecule has 0 fully saturated rings. The number of hydrogen-bond acceptors (Lipinski definition) is 11. The van der Waals surface area contributed by atoms with Crippen LogP contribution in [0.4, 0.5) is 0 Å². The van der Waals surface area contributed by atoms with Crippen molar-refractivity contribution in [3.63, 3.8) is 0 Å². The Kier molecular flexibility index (Phi) is 13.2. The number of allylic oxidation sites excluding steroid dienone is 4. The van der Waals surface area contributed by atoms with Crippen LogP contribution in [0.25, 0.3) is 0 Å². The van der Waals surface area contributed by atoms with Crippen LogP contribution in [0.2, 0.25) is 0 Å². The zero-order valence-corrected chi connectivity index (χ0v) is 37.1. The standard InChI is InChI=1S/C45H60N4O14/c1-21-36-24(10-13-30(52)53)41(3,4)28(47-36)18-27-23(9-12-29(50)51)43(6,19-34(60)61)39(46-27)22(2)37-25(11-14-31(54)55)44(7,20-35(62)63)45(8,49-37)40-26(17-33(58)59)42(5,38(21)48-40)16-15-32(56)57/h23-26,40H,9-20H2,1-8H3,(H,50,51)(H,52,53)(H,54,55)(H,56,57)(H,58,59)(H,60,61)(H,62,63)/t23-,24-,25-,26+,40-,42-,43+,44+,45+/m1/s1. The minimum atomic E-state index is -1.63. The van der Waals surface area contributed by atoms with Gasteiger partial charge in [-0.05, 0) is 57.6 Å². The van der Waals surface area contributed by atoms with Crippen molar-refractivity contribution in [1.82, 2.24) is 0 Å². The molecule has 5 aliphatic heterocycles. The lowest BCUT2D eigenvalue weighted by molar-refractivity contribution is -0.143. The van der Waals surface area contributed by atoms with E-state index in [-0.39, 0.29) is 56.4 Å². The van der Waals surface area contributed by atoms with Crippen molar-refractivity contribution in [3.8, 4) is 0 Å². The van der Waals surface area contributed by atoms with E-state index in [1.807, 2.05) is 13.8 Å². The van der Waals surface area contributed by atoms with Crippen molar-refractivity contribution >= 4 is 64.6 Å². The van der Waals surface area contributed by atoms with Crippen molar-refractivity contribution in [2.75, 3.05) is 0 Å². The quantitative estimate of drug-likeness (QED) is 0.0797. The van der Waals surface area contributed by atoms with Crippen LogP contribution in [0.1, 0.15) is 132 Å². The summed E-state index contributed by atoms with van der Waals surface area (Å²) in [7, 11) is 0. The van der Waals surface area contributed by atoms with Gasteiger partial charge in [0.15, 0.2) is 0 Å². The van der Waals surface area contributed by atoms with Gasteiger partial charge in [0.2, 0.25) is 0 Å². The molecule has 0 aromatic heterocycles. The smallest absolute Gasteiger partial charge is 0.304 e. The maximum Gasteiger partial charge on any atom is 0.304 e. The van der Waals surface area contributed by atoms with Crippen LogP contribution in [0.15, 0.2) is 42.5 Å². The molecule has 0 unspecified atom stereocenters. The first-order valence-corrected chi connectivity index (χ1v) is 21.3. The summed E-state index contributed by atoms with van der Waals surface area (Å²) in [4.78, 5) is 109. The van der Waals surface area contributed by atoms with Gasteiger partial charge in [0.05, 0.1) is 36.5 Å². The third-order valence-electron chi connectivity index (χ3n) is 15.4. The summed E-state index contributed by atoms with van der Waals surface area (Å²) in [6.07, 6.45) is -3.17. The average Bonchev–Trinajstić information content (AvgIpc) is 3.75. The molecule has 0 aliphatic carbocycles. The molecule has 7 N–H and O–H groups in total. The summed E-state index contributed by atoms with van der Waals surface area (Å²) in [5.41, 5.74) is -3.62. The monoisotopic (exact) mass is 880 g/mol. The predicted molar refractivity (Wildman–Crippen MR) is 228 cm³/mol. The molecular weight excluding hydrogens is 821 g/mol. The SMILES string of the molecule is CC1=C2N=C(CC3=NC(=C(C)C4=N[C@@](C)([C@@H]5N=C1[C@](C)(CCC(=O)O)[C@H]5CC(=O)O)[C@@](C)(CC(=O)O)[C@@H]4CCC(=O)O)[C@@](C)(CC(=O)O)[C@@H]3CCC(=O)O)C(C)(C)[C@@H]2CCC(=O)O. The predicted octanol–water partition coefficient (Wildman–Crippen LogP) is 6.28. The lowest BCUT2D eigenvalue weighted by atomic mass is 9.55. The number of carbonyl (C=O) groups is 7. The second kappa shape index (κ2) is 17.2. The summed E-state index contributed by atoms with van der Waals surface area (Å²) < 4.78 is 0. The minimum absolute atomic E-state index is 0.0202. The topological polar surface area (TPSA) is 311 Å². The molecule has 0 aromatic rings. The number of carboxylic acid groups (broad SMARTS) is 7. The second-order valence-corrected chi connectivity index (χ2v) is 19.6. The molecule has 0 amide bonds. The molecule has 0 saturated heterocycles. The molecule has 5 aliphatic rings. The van der Waals surface area contributed by atoms with E-state index in [1.54, 1.807) is 41.5 Å². The van der Waals surface area contributed by atoms with E-state index < -0.39 is 131 Å². The van der Waals surface area contributed by atoms with Crippen molar-refractivity contribution in [2.24, 2.45) is 65.3 Å². The fourth-order valence-corrected chi connectivity index (χ4v) is 11.9. The van der Waals surface area contributed by atoms with Gasteiger partial charge >= 0.3 is 41.8 Å². The van der Waals surface area contributed by atoms with Gasteiger partial charge in [-0.25, -0.2) is 0 Å². The van der Waals surface area contributed by atoms with Crippen LogP contribution in [0.5, 0.6) is 0 Å². The first kappa shape index (κ1) is 48.5. The third kappa shape index (κ3) is 8.61. The first-order chi connectivity index (χ1) is 29.0. The summed E-state index contributed by atoms with van der Waals surface area (Å²) >= 11 is 0. The van der Waals surface area contributed by atoms with E-state index in [9.17, 15) is 69.3 Å². The highest BCUT2D eigenvalue weighted by Gasteiger charge is 2.66. The second-order valence-electron chi connectivity index (χ2n) is 19.6. The highest BCUT2D eigenvalue weighted by Crippen LogP contribution is 2.62. The van der Waals surface area contributed by atoms with Gasteiger partial charge in [-0.1, -0.05) is 34.6 Å². The number of fused-ring (bicyclic) bond motifs is 5. The molecular formula is C45H60N4O14. The molecule has 0 radical (unpaired) electrons. The Balaban J connectivity index is 2.01. The minimum Gasteiger partial charge on any atom is -0.481 e. The molecule has 0 aromatic carbocycles. The Morgan fingerprint density at radius 3 is 1.63 bits per heavy atom. The Labute approximate surface area is 365 Å². The normalized spacial score (nSPS) is 33.2. The highest BCUT2D eigenvalue weighted by atomic mass is 16.4. The lowest BCUT2D eigenvalue weighted by Crippen LogP contribution is -2.55. The van der Waals surface area contributed by atoms with Crippen LogP contribution < -0.4 is 0 Å². The van der Waals surface area contributed by atoms with Crippen LogP contribution in [-0.2, 0) is 33.6 Å². The summed E-state index contributed by atoms with van der Waals surface area (Å²) in [6, 6.07) is -1.15. The molecule has 18 heteroatoms. The van der Waals surface area contributed by atoms with E-state index in [1.165, 1.54) is 0 Å². The summed E-state index contributed by atoms with van der Waals surface area (Å²) in [6.45, 7) is 13.9. The van der Waals surface area contributed by atoms with Crippen molar-refractivity contribution in [2.45, 2.75) is 144 Å². The van der Waals surface area contributed by atoms with Gasteiger partial charge in [-0.2, -0.15) is 0 Å². The van der Waals surface area contributed by atoms with Crippen LogP contribution in [0.3, 0.4) is 0 Å². The number of nitrogens with zero attached hydrogens (tertiary/aromatic N) is 4. The van der Waals surface area contributed by atoms with E-state index in [2.05, 4.69) is 0 Å². The molecule has 5 heterocycles. The Morgan fingerprint density at radius 2 is 1.13 bits per heavy atom. The van der Waals surface area contributed by atoms with Gasteiger partial charge in [-0.15, -0.1) is 0 Å². The number of carboxylic acids is 7. The van der Waals surface area contributed by atoms with Crippen LogP contribution in [-0.4, -0.2) is 112 Å².